The summed E-state index contributed by atoms with van der Waals surface area (Å²) in [6.07, 6.45) is 23.5. The molecule has 0 spiro atoms. The summed E-state index contributed by atoms with van der Waals surface area (Å²) in [5.74, 6) is 1.14. The van der Waals surface area contributed by atoms with Crippen molar-refractivity contribution in [3.63, 3.8) is 0 Å². The highest BCUT2D eigenvalue weighted by molar-refractivity contribution is 5.87. The summed E-state index contributed by atoms with van der Waals surface area (Å²) in [6, 6.07) is 43.4. The van der Waals surface area contributed by atoms with Gasteiger partial charge in [0.1, 0.15) is 0 Å². The number of para-hydroxylation sites is 2. The van der Waals surface area contributed by atoms with Crippen molar-refractivity contribution in [2.24, 2.45) is 5.92 Å². The van der Waals surface area contributed by atoms with Crippen LogP contribution in [-0.2, 0) is 5.41 Å². The molecule has 0 amide bonds. The molecule has 2 heteroatoms. The van der Waals surface area contributed by atoms with Crippen LogP contribution >= 0.6 is 0 Å². The fraction of sp³-hybridized carbons (Fsp3) is 0.176. The Labute approximate surface area is 313 Å². The Kier molecular flexibility index (Phi) is 6.71. The van der Waals surface area contributed by atoms with Crippen LogP contribution in [0.1, 0.15) is 66.3 Å². The molecule has 0 saturated carbocycles. The standard InChI is InChI=1S/C51H42N2/c1-51(2)45-17-9-6-14-39(45)42-32-38(26-27-46(42)51)53-48-19-11-8-16-41(48)44-31-36(25-29-50(44)53)34-22-20-33(21-23-34)35-24-28-49-43(30-35)40-15-7-10-18-47(40)52(49)37-12-4-3-5-13-37/h3-20,22-29,31-33,41,43,48H,21,30H2,1-2H3. The summed E-state index contributed by atoms with van der Waals surface area (Å²) in [5, 5.41) is 0. The van der Waals surface area contributed by atoms with Gasteiger partial charge in [0.15, 0.2) is 0 Å². The molecule has 256 valence electrons. The van der Waals surface area contributed by atoms with Gasteiger partial charge < -0.3 is 9.80 Å². The zero-order valence-corrected chi connectivity index (χ0v) is 30.3. The second-order valence-electron chi connectivity index (χ2n) is 16.0. The van der Waals surface area contributed by atoms with Crippen LogP contribution in [0.2, 0.25) is 0 Å². The van der Waals surface area contributed by atoms with Gasteiger partial charge >= 0.3 is 0 Å². The molecule has 4 atom stereocenters. The molecule has 0 saturated heterocycles. The zero-order chi connectivity index (χ0) is 35.3. The number of rotatable bonds is 4. The molecule has 4 aliphatic carbocycles. The quantitative estimate of drug-likeness (QED) is 0.186. The van der Waals surface area contributed by atoms with Crippen molar-refractivity contribution in [2.45, 2.75) is 50.0 Å². The van der Waals surface area contributed by atoms with E-state index in [1.165, 1.54) is 78.5 Å². The molecule has 5 aromatic rings. The Bertz CT molecular complexity index is 2520. The Morgan fingerprint density at radius 2 is 1.45 bits per heavy atom. The van der Waals surface area contributed by atoms with E-state index in [-0.39, 0.29) is 11.5 Å². The number of benzene rings is 5. The van der Waals surface area contributed by atoms with E-state index in [4.69, 9.17) is 0 Å². The maximum Gasteiger partial charge on any atom is 0.0629 e. The Balaban J connectivity index is 0.882. The molecule has 5 aromatic carbocycles. The average Bonchev–Trinajstić information content (AvgIpc) is 3.81. The number of hydrogen-bond donors (Lipinski definition) is 0. The predicted octanol–water partition coefficient (Wildman–Crippen LogP) is 12.8. The lowest BCUT2D eigenvalue weighted by molar-refractivity contribution is 0.660. The summed E-state index contributed by atoms with van der Waals surface area (Å²) in [5.41, 5.74) is 19.2. The number of hydrogen-bond acceptors (Lipinski definition) is 2. The van der Waals surface area contributed by atoms with Crippen LogP contribution in [0.15, 0.2) is 181 Å². The molecule has 4 unspecified atom stereocenters. The van der Waals surface area contributed by atoms with Crippen molar-refractivity contribution < 1.29 is 0 Å². The second-order valence-corrected chi connectivity index (χ2v) is 16.0. The number of fused-ring (bicyclic) bond motifs is 9. The summed E-state index contributed by atoms with van der Waals surface area (Å²) in [4.78, 5) is 5.04. The van der Waals surface area contributed by atoms with Crippen LogP contribution in [-0.4, -0.2) is 6.04 Å². The molecule has 6 aliphatic rings. The van der Waals surface area contributed by atoms with E-state index in [0.717, 1.165) is 12.8 Å². The molecule has 11 rings (SSSR count). The highest BCUT2D eigenvalue weighted by Gasteiger charge is 2.41. The van der Waals surface area contributed by atoms with Gasteiger partial charge in [-0.25, -0.2) is 0 Å². The Hall–Kier alpha value is -5.86. The SMILES string of the molecule is CC1(C)c2ccccc2-c2cc(N3c4ccc(C5=CCC(C6=CC=C7C(C6)c6ccccc6N7c6ccccc6)C=C5)cc4C4C=CC=CC43)ccc21. The molecule has 0 N–H and O–H groups in total. The van der Waals surface area contributed by atoms with Crippen LogP contribution in [0.5, 0.6) is 0 Å². The van der Waals surface area contributed by atoms with E-state index in [1.54, 1.807) is 0 Å². The van der Waals surface area contributed by atoms with Crippen molar-refractivity contribution in [1.82, 2.24) is 0 Å². The van der Waals surface area contributed by atoms with E-state index in [1.807, 2.05) is 0 Å². The van der Waals surface area contributed by atoms with Gasteiger partial charge in [-0.1, -0.05) is 141 Å². The number of allylic oxidation sites excluding steroid dienone is 10. The monoisotopic (exact) mass is 682 g/mol. The van der Waals surface area contributed by atoms with E-state index in [2.05, 4.69) is 194 Å². The zero-order valence-electron chi connectivity index (χ0n) is 30.3. The van der Waals surface area contributed by atoms with Gasteiger partial charge in [-0.2, -0.15) is 0 Å². The van der Waals surface area contributed by atoms with Gasteiger partial charge in [-0.05, 0) is 106 Å². The highest BCUT2D eigenvalue weighted by Crippen LogP contribution is 2.55. The first-order valence-electron chi connectivity index (χ1n) is 19.3. The fourth-order valence-corrected chi connectivity index (χ4v) is 10.3. The first-order chi connectivity index (χ1) is 26.0. The predicted molar refractivity (Wildman–Crippen MR) is 221 cm³/mol. The van der Waals surface area contributed by atoms with E-state index in [0.29, 0.717) is 17.8 Å². The van der Waals surface area contributed by atoms with Crippen molar-refractivity contribution in [3.05, 3.63) is 209 Å². The summed E-state index contributed by atoms with van der Waals surface area (Å²) >= 11 is 0. The van der Waals surface area contributed by atoms with Gasteiger partial charge in [-0.3, -0.25) is 0 Å². The van der Waals surface area contributed by atoms with E-state index < -0.39 is 0 Å². The van der Waals surface area contributed by atoms with Gasteiger partial charge in [0.2, 0.25) is 0 Å². The molecular formula is C51H42N2. The third-order valence-corrected chi connectivity index (χ3v) is 12.9. The maximum absolute atomic E-state index is 2.58. The Morgan fingerprint density at radius 1 is 0.642 bits per heavy atom. The molecule has 0 radical (unpaired) electrons. The first kappa shape index (κ1) is 30.7. The molecular weight excluding hydrogens is 641 g/mol. The van der Waals surface area contributed by atoms with Gasteiger partial charge in [0.05, 0.1) is 6.04 Å². The number of nitrogens with zero attached hydrogens (tertiary/aromatic N) is 2. The lowest BCUT2D eigenvalue weighted by atomic mass is 9.79. The molecule has 0 aromatic heterocycles. The van der Waals surface area contributed by atoms with Crippen LogP contribution in [0.4, 0.5) is 22.7 Å². The third-order valence-electron chi connectivity index (χ3n) is 12.9. The maximum atomic E-state index is 2.58. The summed E-state index contributed by atoms with van der Waals surface area (Å²) in [6.45, 7) is 4.72. The third kappa shape index (κ3) is 4.58. The van der Waals surface area contributed by atoms with Crippen LogP contribution in [0.3, 0.4) is 0 Å². The van der Waals surface area contributed by atoms with E-state index >= 15 is 0 Å². The minimum atomic E-state index is 0.0111. The Morgan fingerprint density at radius 3 is 2.34 bits per heavy atom. The lowest BCUT2D eigenvalue weighted by Gasteiger charge is -2.29. The minimum absolute atomic E-state index is 0.0111. The first-order valence-corrected chi connectivity index (χ1v) is 19.3. The van der Waals surface area contributed by atoms with E-state index in [9.17, 15) is 0 Å². The van der Waals surface area contributed by atoms with Crippen molar-refractivity contribution >= 4 is 28.3 Å². The van der Waals surface area contributed by atoms with Gasteiger partial charge in [0.25, 0.3) is 0 Å². The van der Waals surface area contributed by atoms with Crippen molar-refractivity contribution in [1.29, 1.82) is 0 Å². The minimum Gasteiger partial charge on any atom is -0.333 e. The number of anilines is 4. The van der Waals surface area contributed by atoms with Crippen LogP contribution in [0.25, 0.3) is 16.7 Å². The molecule has 2 heterocycles. The van der Waals surface area contributed by atoms with Crippen LogP contribution < -0.4 is 9.80 Å². The van der Waals surface area contributed by atoms with Gasteiger partial charge in [0, 0.05) is 51.6 Å². The molecule has 0 fully saturated rings. The summed E-state index contributed by atoms with van der Waals surface area (Å²) in [7, 11) is 0. The van der Waals surface area contributed by atoms with Crippen molar-refractivity contribution in [3.8, 4) is 11.1 Å². The molecule has 2 nitrogen and oxygen atoms in total. The smallest absolute Gasteiger partial charge is 0.0629 e. The normalized spacial score (nSPS) is 23.7. The molecule has 53 heavy (non-hydrogen) atoms. The van der Waals surface area contributed by atoms with Crippen molar-refractivity contribution in [2.75, 3.05) is 9.80 Å². The topological polar surface area (TPSA) is 6.48 Å². The summed E-state index contributed by atoms with van der Waals surface area (Å²) < 4.78 is 0. The molecule has 0 bridgehead atoms. The largest absolute Gasteiger partial charge is 0.333 e. The molecule has 2 aliphatic heterocycles. The fourth-order valence-electron chi connectivity index (χ4n) is 10.3. The highest BCUT2D eigenvalue weighted by atomic mass is 15.2. The van der Waals surface area contributed by atoms with Crippen LogP contribution in [0, 0.1) is 5.92 Å². The average molecular weight is 683 g/mol. The van der Waals surface area contributed by atoms with Gasteiger partial charge in [-0.15, -0.1) is 0 Å². The lowest BCUT2D eigenvalue weighted by Crippen LogP contribution is -2.28. The second kappa shape index (κ2) is 11.6.